The molecule has 0 saturated carbocycles. The number of likely N-dealkylation sites (tertiary alicyclic amines) is 1. The fraction of sp³-hybridized carbons (Fsp3) is 0.579. The van der Waals surface area contributed by atoms with Gasteiger partial charge in [0.1, 0.15) is 5.82 Å². The van der Waals surface area contributed by atoms with Gasteiger partial charge in [-0.1, -0.05) is 6.07 Å². The maximum absolute atomic E-state index is 13.3. The average Bonchev–Trinajstić information content (AvgIpc) is 2.94. The summed E-state index contributed by atoms with van der Waals surface area (Å²) in [6.45, 7) is 5.93. The number of urea groups is 1. The van der Waals surface area contributed by atoms with Crippen LogP contribution >= 0.6 is 0 Å². The van der Waals surface area contributed by atoms with Crippen molar-refractivity contribution in [3.8, 4) is 0 Å². The summed E-state index contributed by atoms with van der Waals surface area (Å²) in [6, 6.07) is 5.55. The van der Waals surface area contributed by atoms with E-state index in [1.54, 1.807) is 17.0 Å². The van der Waals surface area contributed by atoms with Crippen molar-refractivity contribution in [2.24, 2.45) is 11.3 Å². The Balaban J connectivity index is 1.74. The zero-order chi connectivity index (χ0) is 18.7. The molecule has 1 spiro atoms. The summed E-state index contributed by atoms with van der Waals surface area (Å²) >= 11 is 0. The van der Waals surface area contributed by atoms with Crippen molar-refractivity contribution in [1.29, 1.82) is 0 Å². The van der Waals surface area contributed by atoms with Crippen LogP contribution in [0.3, 0.4) is 0 Å². The molecule has 3 amide bonds. The highest BCUT2D eigenvalue weighted by molar-refractivity contribution is 5.90. The first-order valence-electron chi connectivity index (χ1n) is 9.09. The molecule has 0 bridgehead atoms. The number of carbonyl (C=O) groups is 2. The second kappa shape index (κ2) is 7.61. The number of anilines is 1. The molecule has 26 heavy (non-hydrogen) atoms. The van der Waals surface area contributed by atoms with Crippen LogP contribution in [0.2, 0.25) is 0 Å². The number of benzene rings is 1. The van der Waals surface area contributed by atoms with Crippen LogP contribution < -0.4 is 10.6 Å². The zero-order valence-corrected chi connectivity index (χ0v) is 15.3. The molecule has 1 atom stereocenters. The Morgan fingerprint density at radius 1 is 1.31 bits per heavy atom. The fourth-order valence-corrected chi connectivity index (χ4v) is 3.92. The van der Waals surface area contributed by atoms with Gasteiger partial charge in [0, 0.05) is 43.4 Å². The molecule has 0 unspecified atom stereocenters. The molecule has 2 fully saturated rings. The van der Waals surface area contributed by atoms with Gasteiger partial charge in [-0.3, -0.25) is 4.79 Å². The number of halogens is 1. The highest BCUT2D eigenvalue weighted by Gasteiger charge is 2.51. The Kier molecular flexibility index (Phi) is 5.46. The van der Waals surface area contributed by atoms with Gasteiger partial charge >= 0.3 is 6.03 Å². The maximum atomic E-state index is 13.3. The largest absolute Gasteiger partial charge is 0.381 e. The molecular formula is C19H26FN3O3. The van der Waals surface area contributed by atoms with Crippen molar-refractivity contribution in [3.05, 3.63) is 30.1 Å². The Hall–Kier alpha value is -2.15. The van der Waals surface area contributed by atoms with E-state index in [0.717, 1.165) is 12.8 Å². The quantitative estimate of drug-likeness (QED) is 0.867. The third-order valence-corrected chi connectivity index (χ3v) is 5.25. The number of ether oxygens (including phenoxy) is 1. The first-order chi connectivity index (χ1) is 12.4. The summed E-state index contributed by atoms with van der Waals surface area (Å²) in [7, 11) is 0. The summed E-state index contributed by atoms with van der Waals surface area (Å²) in [5.74, 6) is -0.672. The van der Waals surface area contributed by atoms with Crippen molar-refractivity contribution in [3.63, 3.8) is 0 Å². The van der Waals surface area contributed by atoms with Crippen molar-refractivity contribution >= 4 is 17.6 Å². The summed E-state index contributed by atoms with van der Waals surface area (Å²) in [4.78, 5) is 27.1. The molecule has 1 aromatic rings. The van der Waals surface area contributed by atoms with Gasteiger partial charge in [0.25, 0.3) is 0 Å². The number of hydrogen-bond donors (Lipinski definition) is 2. The molecule has 142 valence electrons. The van der Waals surface area contributed by atoms with E-state index >= 15 is 0 Å². The van der Waals surface area contributed by atoms with Crippen LogP contribution in [-0.4, -0.2) is 49.2 Å². The van der Waals surface area contributed by atoms with E-state index < -0.39 is 5.82 Å². The molecule has 2 saturated heterocycles. The minimum atomic E-state index is -0.403. The molecule has 7 heteroatoms. The van der Waals surface area contributed by atoms with E-state index in [0.29, 0.717) is 32.0 Å². The molecule has 3 rings (SSSR count). The van der Waals surface area contributed by atoms with E-state index in [9.17, 15) is 14.0 Å². The molecule has 2 aliphatic heterocycles. The summed E-state index contributed by atoms with van der Waals surface area (Å²) in [5.41, 5.74) is 0.155. The van der Waals surface area contributed by atoms with Crippen LogP contribution in [0.4, 0.5) is 14.9 Å². The zero-order valence-electron chi connectivity index (χ0n) is 15.3. The lowest BCUT2D eigenvalue weighted by Crippen LogP contribution is -2.46. The van der Waals surface area contributed by atoms with Crippen LogP contribution in [0.1, 0.15) is 26.7 Å². The van der Waals surface area contributed by atoms with Crippen molar-refractivity contribution in [2.75, 3.05) is 31.6 Å². The van der Waals surface area contributed by atoms with Gasteiger partial charge in [-0.2, -0.15) is 0 Å². The SMILES string of the molecule is CC(C)NC(=O)[C@H]1CN(C(=O)Nc2cccc(F)c2)CC12CCOCC2. The minimum Gasteiger partial charge on any atom is -0.381 e. The van der Waals surface area contributed by atoms with Crippen molar-refractivity contribution < 1.29 is 18.7 Å². The van der Waals surface area contributed by atoms with Crippen LogP contribution in [0.25, 0.3) is 0 Å². The fourth-order valence-electron chi connectivity index (χ4n) is 3.92. The molecule has 2 heterocycles. The molecule has 0 aliphatic carbocycles. The van der Waals surface area contributed by atoms with E-state index in [-0.39, 0.29) is 29.3 Å². The lowest BCUT2D eigenvalue weighted by molar-refractivity contribution is -0.130. The van der Waals surface area contributed by atoms with E-state index in [1.165, 1.54) is 12.1 Å². The van der Waals surface area contributed by atoms with Crippen LogP contribution in [0, 0.1) is 17.2 Å². The van der Waals surface area contributed by atoms with Crippen LogP contribution in [-0.2, 0) is 9.53 Å². The molecule has 1 aromatic carbocycles. The van der Waals surface area contributed by atoms with Gasteiger partial charge in [0.05, 0.1) is 5.92 Å². The minimum absolute atomic E-state index is 0.0112. The summed E-state index contributed by atoms with van der Waals surface area (Å²) in [5, 5.41) is 5.72. The van der Waals surface area contributed by atoms with Crippen molar-refractivity contribution in [2.45, 2.75) is 32.7 Å². The lowest BCUT2D eigenvalue weighted by atomic mass is 9.71. The third kappa shape index (κ3) is 3.98. The van der Waals surface area contributed by atoms with E-state index in [4.69, 9.17) is 4.74 Å². The maximum Gasteiger partial charge on any atom is 0.321 e. The Morgan fingerprint density at radius 2 is 2.04 bits per heavy atom. The van der Waals surface area contributed by atoms with Gasteiger partial charge < -0.3 is 20.3 Å². The van der Waals surface area contributed by atoms with Crippen molar-refractivity contribution in [1.82, 2.24) is 10.2 Å². The van der Waals surface area contributed by atoms with E-state index in [2.05, 4.69) is 10.6 Å². The Bertz CT molecular complexity index is 674. The first kappa shape index (κ1) is 18.6. The molecule has 6 nitrogen and oxygen atoms in total. The molecular weight excluding hydrogens is 337 g/mol. The molecule has 0 radical (unpaired) electrons. The molecule has 2 N–H and O–H groups in total. The van der Waals surface area contributed by atoms with Gasteiger partial charge in [-0.15, -0.1) is 0 Å². The predicted octanol–water partition coefficient (Wildman–Crippen LogP) is 2.61. The second-order valence-corrected chi connectivity index (χ2v) is 7.51. The number of hydrogen-bond acceptors (Lipinski definition) is 3. The molecule has 2 aliphatic rings. The summed E-state index contributed by atoms with van der Waals surface area (Å²) < 4.78 is 18.8. The molecule has 0 aromatic heterocycles. The monoisotopic (exact) mass is 363 g/mol. The second-order valence-electron chi connectivity index (χ2n) is 7.51. The lowest BCUT2D eigenvalue weighted by Gasteiger charge is -2.37. The number of rotatable bonds is 3. The van der Waals surface area contributed by atoms with E-state index in [1.807, 2.05) is 13.8 Å². The number of carbonyl (C=O) groups excluding carboxylic acids is 2. The first-order valence-corrected chi connectivity index (χ1v) is 9.09. The average molecular weight is 363 g/mol. The summed E-state index contributed by atoms with van der Waals surface area (Å²) in [6.07, 6.45) is 1.51. The van der Waals surface area contributed by atoms with Gasteiger partial charge in [-0.05, 0) is 44.9 Å². The standard InChI is InChI=1S/C19H26FN3O3/c1-13(2)21-17(24)16-11-23(12-19(16)6-8-26-9-7-19)18(25)22-15-5-3-4-14(20)10-15/h3-5,10,13,16H,6-9,11-12H2,1-2H3,(H,21,24)(H,22,25)/t16-/m1/s1. The van der Waals surface area contributed by atoms with Crippen LogP contribution in [0.15, 0.2) is 24.3 Å². The topological polar surface area (TPSA) is 70.7 Å². The smallest absolute Gasteiger partial charge is 0.321 e. The highest BCUT2D eigenvalue weighted by Crippen LogP contribution is 2.44. The van der Waals surface area contributed by atoms with Crippen LogP contribution in [0.5, 0.6) is 0 Å². The van der Waals surface area contributed by atoms with Gasteiger partial charge in [0.15, 0.2) is 0 Å². The van der Waals surface area contributed by atoms with Gasteiger partial charge in [0.2, 0.25) is 5.91 Å². The Morgan fingerprint density at radius 3 is 2.69 bits per heavy atom. The third-order valence-electron chi connectivity index (χ3n) is 5.25. The number of nitrogens with zero attached hydrogens (tertiary/aromatic N) is 1. The number of nitrogens with one attached hydrogen (secondary N) is 2. The number of amides is 3. The predicted molar refractivity (Wildman–Crippen MR) is 96.2 cm³/mol. The Labute approximate surface area is 153 Å². The highest BCUT2D eigenvalue weighted by atomic mass is 19.1. The normalized spacial score (nSPS) is 21.8. The van der Waals surface area contributed by atoms with Gasteiger partial charge in [-0.25, -0.2) is 9.18 Å².